The van der Waals surface area contributed by atoms with Crippen molar-refractivity contribution in [2.24, 2.45) is 0 Å². The largest absolute Gasteiger partial charge is 0.497 e. The van der Waals surface area contributed by atoms with E-state index in [1.54, 1.807) is 7.11 Å². The minimum absolute atomic E-state index is 0.449. The molecule has 3 rings (SSSR count). The van der Waals surface area contributed by atoms with E-state index < -0.39 is 0 Å². The third kappa shape index (κ3) is 2.15. The summed E-state index contributed by atoms with van der Waals surface area (Å²) < 4.78 is 5.26. The molecular formula is C15H19NO2. The van der Waals surface area contributed by atoms with Gasteiger partial charge in [0.1, 0.15) is 11.5 Å². The summed E-state index contributed by atoms with van der Waals surface area (Å²) >= 11 is 0. The van der Waals surface area contributed by atoms with Crippen molar-refractivity contribution in [1.82, 2.24) is 4.90 Å². The molecule has 2 bridgehead atoms. The number of ketones is 1. The van der Waals surface area contributed by atoms with Crippen LogP contribution in [0.3, 0.4) is 0 Å². The fraction of sp³-hybridized carbons (Fsp3) is 0.533. The lowest BCUT2D eigenvalue weighted by Crippen LogP contribution is -2.42. The molecule has 0 aliphatic carbocycles. The van der Waals surface area contributed by atoms with Crippen molar-refractivity contribution in [2.75, 3.05) is 7.11 Å². The van der Waals surface area contributed by atoms with Gasteiger partial charge in [0, 0.05) is 31.5 Å². The number of carbonyl (C=O) groups excluding carboxylic acids is 1. The summed E-state index contributed by atoms with van der Waals surface area (Å²) in [6, 6.07) is 9.18. The highest BCUT2D eigenvalue weighted by molar-refractivity contribution is 5.80. The molecule has 0 amide bonds. The smallest absolute Gasteiger partial charge is 0.136 e. The van der Waals surface area contributed by atoms with E-state index in [9.17, 15) is 4.79 Å². The molecule has 1 aromatic rings. The molecule has 0 saturated carbocycles. The lowest BCUT2D eigenvalue weighted by molar-refractivity contribution is -0.123. The minimum Gasteiger partial charge on any atom is -0.497 e. The molecule has 0 radical (unpaired) electrons. The monoisotopic (exact) mass is 245 g/mol. The summed E-state index contributed by atoms with van der Waals surface area (Å²) in [5.74, 6) is 1.36. The van der Waals surface area contributed by atoms with E-state index in [0.29, 0.717) is 17.9 Å². The maximum absolute atomic E-state index is 11.6. The summed E-state index contributed by atoms with van der Waals surface area (Å²) in [5, 5.41) is 0. The van der Waals surface area contributed by atoms with Gasteiger partial charge in [-0.2, -0.15) is 0 Å². The van der Waals surface area contributed by atoms with Gasteiger partial charge in [-0.1, -0.05) is 12.1 Å². The van der Waals surface area contributed by atoms with Crippen molar-refractivity contribution in [3.8, 4) is 5.75 Å². The first-order valence-corrected chi connectivity index (χ1v) is 6.66. The zero-order chi connectivity index (χ0) is 12.5. The van der Waals surface area contributed by atoms with Crippen LogP contribution in [0.5, 0.6) is 5.75 Å². The number of fused-ring (bicyclic) bond motifs is 2. The van der Waals surface area contributed by atoms with Crippen LogP contribution < -0.4 is 4.74 Å². The Morgan fingerprint density at radius 3 is 2.67 bits per heavy atom. The van der Waals surface area contributed by atoms with Crippen LogP contribution >= 0.6 is 0 Å². The molecule has 2 atom stereocenters. The Bertz CT molecular complexity index is 442. The molecule has 18 heavy (non-hydrogen) atoms. The Morgan fingerprint density at radius 2 is 2.00 bits per heavy atom. The van der Waals surface area contributed by atoms with Crippen molar-refractivity contribution < 1.29 is 9.53 Å². The van der Waals surface area contributed by atoms with Gasteiger partial charge in [-0.05, 0) is 30.5 Å². The van der Waals surface area contributed by atoms with E-state index in [1.807, 2.05) is 12.1 Å². The Morgan fingerprint density at radius 1 is 1.28 bits per heavy atom. The number of Topliss-reactive ketones (excluding diaryl/α,β-unsaturated/α-hetero) is 1. The normalized spacial score (nSPS) is 27.5. The van der Waals surface area contributed by atoms with E-state index in [-0.39, 0.29) is 0 Å². The highest BCUT2D eigenvalue weighted by Gasteiger charge is 2.39. The van der Waals surface area contributed by atoms with Crippen LogP contribution in [0.15, 0.2) is 24.3 Å². The molecular weight excluding hydrogens is 226 g/mol. The van der Waals surface area contributed by atoms with Crippen LogP contribution in [-0.4, -0.2) is 29.9 Å². The molecule has 1 aromatic carbocycles. The van der Waals surface area contributed by atoms with Gasteiger partial charge in [0.15, 0.2) is 0 Å². The topological polar surface area (TPSA) is 29.5 Å². The number of benzene rings is 1. The zero-order valence-electron chi connectivity index (χ0n) is 10.8. The highest BCUT2D eigenvalue weighted by Crippen LogP contribution is 2.35. The Kier molecular flexibility index (Phi) is 3.08. The highest BCUT2D eigenvalue weighted by atomic mass is 16.5. The molecule has 0 aromatic heterocycles. The Labute approximate surface area is 108 Å². The zero-order valence-corrected chi connectivity index (χ0v) is 10.8. The van der Waals surface area contributed by atoms with Crippen LogP contribution in [-0.2, 0) is 11.3 Å². The van der Waals surface area contributed by atoms with Gasteiger partial charge in [-0.25, -0.2) is 0 Å². The summed E-state index contributed by atoms with van der Waals surface area (Å²) in [6.45, 7) is 0.944. The minimum atomic E-state index is 0.449. The summed E-state index contributed by atoms with van der Waals surface area (Å²) in [7, 11) is 1.70. The van der Waals surface area contributed by atoms with E-state index in [2.05, 4.69) is 17.0 Å². The number of carbonyl (C=O) groups is 1. The molecule has 3 heteroatoms. The molecule has 96 valence electrons. The number of hydrogen-bond donors (Lipinski definition) is 0. The fourth-order valence-electron chi connectivity index (χ4n) is 3.30. The average molecular weight is 245 g/mol. The van der Waals surface area contributed by atoms with Gasteiger partial charge in [0.25, 0.3) is 0 Å². The number of piperidine rings is 1. The maximum atomic E-state index is 11.6. The third-order valence-corrected chi connectivity index (χ3v) is 4.20. The van der Waals surface area contributed by atoms with Gasteiger partial charge in [0.05, 0.1) is 7.11 Å². The van der Waals surface area contributed by atoms with Crippen molar-refractivity contribution in [2.45, 2.75) is 44.3 Å². The van der Waals surface area contributed by atoms with Gasteiger partial charge in [-0.15, -0.1) is 0 Å². The second kappa shape index (κ2) is 4.73. The number of rotatable bonds is 3. The molecule has 0 spiro atoms. The molecule has 0 N–H and O–H groups in total. The number of methoxy groups -OCH3 is 1. The number of ether oxygens (including phenoxy) is 1. The van der Waals surface area contributed by atoms with Crippen molar-refractivity contribution in [1.29, 1.82) is 0 Å². The maximum Gasteiger partial charge on any atom is 0.136 e. The predicted octanol–water partition coefficient (Wildman–Crippen LogP) is 2.39. The molecule has 2 aliphatic rings. The molecule has 2 heterocycles. The van der Waals surface area contributed by atoms with Crippen LogP contribution in [0, 0.1) is 0 Å². The van der Waals surface area contributed by atoms with Crippen LogP contribution in [0.2, 0.25) is 0 Å². The van der Waals surface area contributed by atoms with Crippen molar-refractivity contribution in [3.63, 3.8) is 0 Å². The standard InChI is InChI=1S/C15H19NO2/c1-18-15-4-2-3-11(7-15)10-16-12-5-6-13(16)9-14(17)8-12/h2-4,7,12-13H,5-6,8-10H2,1H3. The summed E-state index contributed by atoms with van der Waals surface area (Å²) in [4.78, 5) is 14.1. The van der Waals surface area contributed by atoms with Crippen molar-refractivity contribution in [3.05, 3.63) is 29.8 Å². The first-order chi connectivity index (χ1) is 8.76. The molecule has 2 saturated heterocycles. The second-order valence-electron chi connectivity index (χ2n) is 5.36. The van der Waals surface area contributed by atoms with Crippen molar-refractivity contribution >= 4 is 5.78 Å². The van der Waals surface area contributed by atoms with E-state index in [0.717, 1.165) is 25.1 Å². The SMILES string of the molecule is COc1cccc(CN2C3CCC2CC(=O)C3)c1. The molecule has 2 fully saturated rings. The van der Waals surface area contributed by atoms with Gasteiger partial charge < -0.3 is 4.74 Å². The van der Waals surface area contributed by atoms with Crippen LogP contribution in [0.1, 0.15) is 31.2 Å². The van der Waals surface area contributed by atoms with E-state index in [1.165, 1.54) is 18.4 Å². The molecule has 3 nitrogen and oxygen atoms in total. The summed E-state index contributed by atoms with van der Waals surface area (Å²) in [5.41, 5.74) is 1.28. The summed E-state index contributed by atoms with van der Waals surface area (Å²) in [6.07, 6.45) is 3.86. The second-order valence-corrected chi connectivity index (χ2v) is 5.36. The molecule has 2 unspecified atom stereocenters. The first-order valence-electron chi connectivity index (χ1n) is 6.66. The quantitative estimate of drug-likeness (QED) is 0.819. The van der Waals surface area contributed by atoms with Gasteiger partial charge in [-0.3, -0.25) is 9.69 Å². The fourth-order valence-corrected chi connectivity index (χ4v) is 3.30. The molecule has 2 aliphatic heterocycles. The lowest BCUT2D eigenvalue weighted by Gasteiger charge is -2.34. The predicted molar refractivity (Wildman–Crippen MR) is 69.6 cm³/mol. The Hall–Kier alpha value is -1.35. The Balaban J connectivity index is 1.74. The number of hydrogen-bond acceptors (Lipinski definition) is 3. The van der Waals surface area contributed by atoms with E-state index >= 15 is 0 Å². The lowest BCUT2D eigenvalue weighted by atomic mass is 10.0. The van der Waals surface area contributed by atoms with Gasteiger partial charge >= 0.3 is 0 Å². The first kappa shape index (κ1) is 11.7. The van der Waals surface area contributed by atoms with Crippen LogP contribution in [0.4, 0.5) is 0 Å². The average Bonchev–Trinajstić information content (AvgIpc) is 2.62. The number of nitrogens with zero attached hydrogens (tertiary/aromatic N) is 1. The van der Waals surface area contributed by atoms with Gasteiger partial charge in [0.2, 0.25) is 0 Å². The van der Waals surface area contributed by atoms with E-state index in [4.69, 9.17) is 4.74 Å². The third-order valence-electron chi connectivity index (χ3n) is 4.20. The van der Waals surface area contributed by atoms with Crippen LogP contribution in [0.25, 0.3) is 0 Å².